The molecule has 0 saturated carbocycles. The highest BCUT2D eigenvalue weighted by molar-refractivity contribution is 9.10. The van der Waals surface area contributed by atoms with Crippen molar-refractivity contribution >= 4 is 31.6 Å². The van der Waals surface area contributed by atoms with E-state index in [1.807, 2.05) is 12.1 Å². The third-order valence-electron chi connectivity index (χ3n) is 4.38. The molecular weight excluding hydrogens is 482 g/mol. The Bertz CT molecular complexity index is 1050. The standard InChI is InChI=1S/C22H24BrN3O4S/c23-18-5-9-22(10-6-18)31(28,29)26-19-7-3-17(4-8-19)11-13-25-14-20(27)16-30-21-2-1-12-24-15-21/h1-10,12,15,20,25-27H,11,13-14,16H2/t20-/m0/s1. The average Bonchev–Trinajstić information content (AvgIpc) is 2.77. The van der Waals surface area contributed by atoms with Crippen molar-refractivity contribution in [1.29, 1.82) is 0 Å². The molecule has 0 aliphatic heterocycles. The summed E-state index contributed by atoms with van der Waals surface area (Å²) in [5.74, 6) is 0.623. The molecule has 0 radical (unpaired) electrons. The van der Waals surface area contributed by atoms with Crippen LogP contribution in [0.15, 0.2) is 82.4 Å². The Labute approximate surface area is 190 Å². The monoisotopic (exact) mass is 505 g/mol. The fourth-order valence-electron chi connectivity index (χ4n) is 2.75. The molecule has 0 spiro atoms. The zero-order valence-electron chi connectivity index (χ0n) is 16.7. The molecule has 2 aromatic carbocycles. The van der Waals surface area contributed by atoms with Gasteiger partial charge in [0, 0.05) is 22.9 Å². The minimum atomic E-state index is -3.63. The minimum Gasteiger partial charge on any atom is -0.489 e. The van der Waals surface area contributed by atoms with Gasteiger partial charge in [-0.05, 0) is 67.1 Å². The highest BCUT2D eigenvalue weighted by atomic mass is 79.9. The lowest BCUT2D eigenvalue weighted by atomic mass is 10.1. The van der Waals surface area contributed by atoms with Crippen molar-refractivity contribution in [2.24, 2.45) is 0 Å². The van der Waals surface area contributed by atoms with Gasteiger partial charge in [0.25, 0.3) is 10.0 Å². The molecule has 164 valence electrons. The summed E-state index contributed by atoms with van der Waals surface area (Å²) in [6.07, 6.45) is 3.38. The van der Waals surface area contributed by atoms with E-state index in [-0.39, 0.29) is 11.5 Å². The molecule has 0 fully saturated rings. The van der Waals surface area contributed by atoms with Crippen LogP contribution in [0.3, 0.4) is 0 Å². The summed E-state index contributed by atoms with van der Waals surface area (Å²) in [6, 6.07) is 17.3. The molecule has 0 aliphatic carbocycles. The van der Waals surface area contributed by atoms with Crippen LogP contribution in [0.1, 0.15) is 5.56 Å². The summed E-state index contributed by atoms with van der Waals surface area (Å²) >= 11 is 3.30. The van der Waals surface area contributed by atoms with Crippen LogP contribution >= 0.6 is 15.9 Å². The van der Waals surface area contributed by atoms with Gasteiger partial charge in [0.05, 0.1) is 11.1 Å². The average molecular weight is 506 g/mol. The second-order valence-electron chi connectivity index (χ2n) is 6.86. The van der Waals surface area contributed by atoms with E-state index in [9.17, 15) is 13.5 Å². The van der Waals surface area contributed by atoms with Gasteiger partial charge in [0.15, 0.2) is 0 Å². The number of nitrogens with zero attached hydrogens (tertiary/aromatic N) is 1. The highest BCUT2D eigenvalue weighted by Crippen LogP contribution is 2.19. The van der Waals surface area contributed by atoms with Gasteiger partial charge in [-0.15, -0.1) is 0 Å². The van der Waals surface area contributed by atoms with Gasteiger partial charge in [-0.3, -0.25) is 9.71 Å². The Morgan fingerprint density at radius 2 is 1.81 bits per heavy atom. The highest BCUT2D eigenvalue weighted by Gasteiger charge is 2.13. The van der Waals surface area contributed by atoms with E-state index in [1.165, 1.54) is 0 Å². The molecule has 1 heterocycles. The number of pyridine rings is 1. The molecule has 7 nitrogen and oxygen atoms in total. The van der Waals surface area contributed by atoms with Crippen molar-refractivity contribution in [2.75, 3.05) is 24.4 Å². The third kappa shape index (κ3) is 7.62. The van der Waals surface area contributed by atoms with E-state index >= 15 is 0 Å². The topological polar surface area (TPSA) is 101 Å². The van der Waals surface area contributed by atoms with E-state index in [4.69, 9.17) is 4.74 Å². The molecule has 9 heteroatoms. The predicted octanol–water partition coefficient (Wildman–Crippen LogP) is 3.22. The van der Waals surface area contributed by atoms with Crippen molar-refractivity contribution in [2.45, 2.75) is 17.4 Å². The summed E-state index contributed by atoms with van der Waals surface area (Å²) in [7, 11) is -3.63. The van der Waals surface area contributed by atoms with Crippen molar-refractivity contribution in [3.8, 4) is 5.75 Å². The fraction of sp³-hybridized carbons (Fsp3) is 0.227. The van der Waals surface area contributed by atoms with Crippen molar-refractivity contribution < 1.29 is 18.3 Å². The molecule has 0 bridgehead atoms. The Morgan fingerprint density at radius 3 is 2.48 bits per heavy atom. The van der Waals surface area contributed by atoms with Gasteiger partial charge >= 0.3 is 0 Å². The normalized spacial score (nSPS) is 12.3. The van der Waals surface area contributed by atoms with Crippen LogP contribution in [0.5, 0.6) is 5.75 Å². The summed E-state index contributed by atoms with van der Waals surface area (Å²) in [5, 5.41) is 13.2. The van der Waals surface area contributed by atoms with Crippen LogP contribution in [0.25, 0.3) is 0 Å². The van der Waals surface area contributed by atoms with Crippen LogP contribution in [0, 0.1) is 0 Å². The SMILES string of the molecule is O=S(=O)(Nc1ccc(CCNC[C@H](O)COc2cccnc2)cc1)c1ccc(Br)cc1. The van der Waals surface area contributed by atoms with Gasteiger partial charge in [-0.2, -0.15) is 0 Å². The van der Waals surface area contributed by atoms with Gasteiger partial charge < -0.3 is 15.2 Å². The first kappa shape index (κ1) is 23.2. The zero-order valence-corrected chi connectivity index (χ0v) is 19.1. The van der Waals surface area contributed by atoms with Crippen molar-refractivity contribution in [1.82, 2.24) is 10.3 Å². The van der Waals surface area contributed by atoms with E-state index in [1.54, 1.807) is 60.9 Å². The summed E-state index contributed by atoms with van der Waals surface area (Å²) in [6.45, 7) is 1.27. The van der Waals surface area contributed by atoms with Gasteiger partial charge in [0.1, 0.15) is 18.5 Å². The van der Waals surface area contributed by atoms with E-state index in [2.05, 4.69) is 31.0 Å². The first-order valence-electron chi connectivity index (χ1n) is 9.71. The summed E-state index contributed by atoms with van der Waals surface area (Å²) < 4.78 is 33.7. The van der Waals surface area contributed by atoms with Crippen LogP contribution in [0.4, 0.5) is 5.69 Å². The number of ether oxygens (including phenoxy) is 1. The van der Waals surface area contributed by atoms with Crippen LogP contribution in [-0.4, -0.2) is 44.3 Å². The van der Waals surface area contributed by atoms with Gasteiger partial charge in [-0.1, -0.05) is 28.1 Å². The molecule has 0 unspecified atom stereocenters. The molecule has 0 aliphatic rings. The largest absolute Gasteiger partial charge is 0.489 e. The zero-order chi connectivity index (χ0) is 22.1. The lowest BCUT2D eigenvalue weighted by Gasteiger charge is -2.13. The molecule has 3 aromatic rings. The first-order chi connectivity index (χ1) is 14.9. The smallest absolute Gasteiger partial charge is 0.261 e. The molecular formula is C22H24BrN3O4S. The molecule has 1 atom stereocenters. The fourth-order valence-corrected chi connectivity index (χ4v) is 4.08. The number of nitrogens with one attached hydrogen (secondary N) is 2. The number of aliphatic hydroxyl groups excluding tert-OH is 1. The van der Waals surface area contributed by atoms with Crippen molar-refractivity contribution in [3.05, 3.63) is 83.1 Å². The number of anilines is 1. The Kier molecular flexibility index (Phi) is 8.42. The second-order valence-corrected chi connectivity index (χ2v) is 9.46. The number of rotatable bonds is 11. The predicted molar refractivity (Wildman–Crippen MR) is 124 cm³/mol. The molecule has 0 saturated heterocycles. The Balaban J connectivity index is 1.39. The maximum absolute atomic E-state index is 12.4. The number of hydrogen-bond acceptors (Lipinski definition) is 6. The molecule has 3 rings (SSSR count). The van der Waals surface area contributed by atoms with Gasteiger partial charge in [-0.25, -0.2) is 8.42 Å². The number of hydrogen-bond donors (Lipinski definition) is 3. The van der Waals surface area contributed by atoms with Crippen LogP contribution in [0.2, 0.25) is 0 Å². The lowest BCUT2D eigenvalue weighted by Crippen LogP contribution is -2.32. The molecule has 0 amide bonds. The minimum absolute atomic E-state index is 0.186. The number of sulfonamides is 1. The Morgan fingerprint density at radius 1 is 1.06 bits per heavy atom. The molecule has 1 aromatic heterocycles. The number of aliphatic hydroxyl groups is 1. The first-order valence-corrected chi connectivity index (χ1v) is 12.0. The van der Waals surface area contributed by atoms with E-state index in [0.717, 1.165) is 16.5 Å². The maximum Gasteiger partial charge on any atom is 0.261 e. The number of aromatic nitrogens is 1. The second kappa shape index (κ2) is 11.2. The van der Waals surface area contributed by atoms with E-state index < -0.39 is 16.1 Å². The van der Waals surface area contributed by atoms with Gasteiger partial charge in [0.2, 0.25) is 0 Å². The molecule has 3 N–H and O–H groups in total. The van der Waals surface area contributed by atoms with Crippen LogP contribution in [-0.2, 0) is 16.4 Å². The lowest BCUT2D eigenvalue weighted by molar-refractivity contribution is 0.106. The van der Waals surface area contributed by atoms with Crippen molar-refractivity contribution in [3.63, 3.8) is 0 Å². The Hall–Kier alpha value is -2.46. The summed E-state index contributed by atoms with van der Waals surface area (Å²) in [4.78, 5) is 4.16. The number of halogens is 1. The maximum atomic E-state index is 12.4. The number of benzene rings is 2. The summed E-state index contributed by atoms with van der Waals surface area (Å²) in [5.41, 5.74) is 1.56. The molecule has 31 heavy (non-hydrogen) atoms. The quantitative estimate of drug-likeness (QED) is 0.346. The third-order valence-corrected chi connectivity index (χ3v) is 6.30. The van der Waals surface area contributed by atoms with E-state index in [0.29, 0.717) is 24.5 Å². The van der Waals surface area contributed by atoms with Crippen LogP contribution < -0.4 is 14.8 Å².